The fourth-order valence-electron chi connectivity index (χ4n) is 3.36. The van der Waals surface area contributed by atoms with E-state index in [1.807, 2.05) is 0 Å². The van der Waals surface area contributed by atoms with Gasteiger partial charge in [0.2, 0.25) is 5.76 Å². The van der Waals surface area contributed by atoms with Crippen molar-refractivity contribution in [2.24, 2.45) is 0 Å². The van der Waals surface area contributed by atoms with Gasteiger partial charge in [0.1, 0.15) is 17.2 Å². The number of furan rings is 1. The average molecular weight is 413 g/mol. The van der Waals surface area contributed by atoms with Gasteiger partial charge in [0, 0.05) is 33.3 Å². The lowest BCUT2D eigenvalue weighted by atomic mass is 9.89. The molecule has 0 bridgehead atoms. The van der Waals surface area contributed by atoms with Crippen molar-refractivity contribution >= 4 is 34.8 Å². The van der Waals surface area contributed by atoms with E-state index in [0.29, 0.717) is 28.5 Å². The molecular formula is C19H23N7O4. The van der Waals surface area contributed by atoms with Crippen molar-refractivity contribution in [3.63, 3.8) is 0 Å². The van der Waals surface area contributed by atoms with E-state index in [-0.39, 0.29) is 29.7 Å². The lowest BCUT2D eigenvalue weighted by Crippen LogP contribution is -2.51. The van der Waals surface area contributed by atoms with Crippen molar-refractivity contribution in [1.82, 2.24) is 25.2 Å². The number of methoxy groups -OCH3 is 1. The molecule has 11 nitrogen and oxygen atoms in total. The molecule has 3 aromatic heterocycles. The maximum atomic E-state index is 12.8. The van der Waals surface area contributed by atoms with Crippen LogP contribution in [0.15, 0.2) is 29.0 Å². The fraction of sp³-hybridized carbons (Fsp3) is 0.368. The van der Waals surface area contributed by atoms with Crippen LogP contribution in [0.2, 0.25) is 0 Å². The summed E-state index contributed by atoms with van der Waals surface area (Å²) in [6.45, 7) is 0. The Morgan fingerprint density at radius 2 is 2.10 bits per heavy atom. The molecule has 0 aliphatic heterocycles. The molecule has 0 spiro atoms. The predicted octanol–water partition coefficient (Wildman–Crippen LogP) is 1.37. The largest absolute Gasteiger partial charge is 0.457 e. The summed E-state index contributed by atoms with van der Waals surface area (Å²) in [6, 6.07) is 3.32. The maximum absolute atomic E-state index is 12.8. The molecule has 2 amide bonds. The van der Waals surface area contributed by atoms with Gasteiger partial charge in [-0.05, 0) is 12.8 Å². The number of rotatable bonds is 7. The molecule has 3 heterocycles. The Balaban J connectivity index is 1.66. The highest BCUT2D eigenvalue weighted by atomic mass is 16.5. The molecule has 3 aromatic rings. The van der Waals surface area contributed by atoms with Crippen molar-refractivity contribution in [2.45, 2.75) is 25.0 Å². The molecule has 158 valence electrons. The third-order valence-corrected chi connectivity index (χ3v) is 5.16. The van der Waals surface area contributed by atoms with Gasteiger partial charge in [-0.25, -0.2) is 4.98 Å². The van der Waals surface area contributed by atoms with Crippen molar-refractivity contribution in [3.05, 3.63) is 35.9 Å². The zero-order valence-corrected chi connectivity index (χ0v) is 16.9. The van der Waals surface area contributed by atoms with Gasteiger partial charge in [-0.15, -0.1) is 0 Å². The standard InChI is InChI=1S/C19H23N7O4/c1-20-15-8-14(23-12-6-7-30-16(12)19(28)21-2)25-17-10(9-22-26(15)17)18(27)24-11-4-5-13(11)29-3/h6-9,11,13,20H,4-5H2,1-3H3,(H,21,28)(H,23,25)(H,24,27)/t11-,13-/m1/s1. The van der Waals surface area contributed by atoms with Crippen LogP contribution in [0.25, 0.3) is 5.65 Å². The summed E-state index contributed by atoms with van der Waals surface area (Å²) in [5, 5.41) is 15.9. The summed E-state index contributed by atoms with van der Waals surface area (Å²) in [5.74, 6) is 0.538. The van der Waals surface area contributed by atoms with E-state index in [0.717, 1.165) is 12.8 Å². The molecule has 1 aliphatic rings. The van der Waals surface area contributed by atoms with Crippen molar-refractivity contribution in [2.75, 3.05) is 31.8 Å². The molecule has 0 aromatic carbocycles. The minimum atomic E-state index is -0.366. The zero-order chi connectivity index (χ0) is 21.3. The second-order valence-electron chi connectivity index (χ2n) is 6.87. The Morgan fingerprint density at radius 3 is 2.77 bits per heavy atom. The Kier molecular flexibility index (Phi) is 5.27. The number of hydrogen-bond acceptors (Lipinski definition) is 8. The van der Waals surface area contributed by atoms with Crippen molar-refractivity contribution in [1.29, 1.82) is 0 Å². The average Bonchev–Trinajstić information content (AvgIpc) is 3.37. The highest BCUT2D eigenvalue weighted by Gasteiger charge is 2.33. The first-order chi connectivity index (χ1) is 14.5. The number of carbonyl (C=O) groups is 2. The topological polar surface area (TPSA) is 135 Å². The Labute approximate surface area is 172 Å². The maximum Gasteiger partial charge on any atom is 0.288 e. The molecule has 2 atom stereocenters. The van der Waals surface area contributed by atoms with Gasteiger partial charge in [-0.2, -0.15) is 9.61 Å². The van der Waals surface area contributed by atoms with E-state index in [2.05, 4.69) is 31.3 Å². The third kappa shape index (κ3) is 3.43. The fourth-order valence-corrected chi connectivity index (χ4v) is 3.36. The van der Waals surface area contributed by atoms with Crippen LogP contribution in [0.1, 0.15) is 33.8 Å². The third-order valence-electron chi connectivity index (χ3n) is 5.16. The number of ether oxygens (including phenoxy) is 1. The Bertz CT molecular complexity index is 1090. The molecular weight excluding hydrogens is 390 g/mol. The highest BCUT2D eigenvalue weighted by Crippen LogP contribution is 2.26. The van der Waals surface area contributed by atoms with Crippen molar-refractivity contribution < 1.29 is 18.7 Å². The van der Waals surface area contributed by atoms with Gasteiger partial charge in [-0.3, -0.25) is 9.59 Å². The molecule has 0 saturated heterocycles. The van der Waals surface area contributed by atoms with Gasteiger partial charge in [-0.1, -0.05) is 0 Å². The predicted molar refractivity (Wildman–Crippen MR) is 109 cm³/mol. The van der Waals surface area contributed by atoms with Gasteiger partial charge in [0.15, 0.2) is 5.65 Å². The van der Waals surface area contributed by atoms with Crippen molar-refractivity contribution in [3.8, 4) is 0 Å². The first-order valence-corrected chi connectivity index (χ1v) is 9.52. The smallest absolute Gasteiger partial charge is 0.288 e. The summed E-state index contributed by atoms with van der Waals surface area (Å²) in [6.07, 6.45) is 4.71. The van der Waals surface area contributed by atoms with Gasteiger partial charge >= 0.3 is 0 Å². The van der Waals surface area contributed by atoms with Gasteiger partial charge in [0.05, 0.1) is 30.3 Å². The molecule has 1 saturated carbocycles. The molecule has 1 fully saturated rings. The number of hydrogen-bond donors (Lipinski definition) is 4. The molecule has 4 N–H and O–H groups in total. The molecule has 1 aliphatic carbocycles. The second-order valence-corrected chi connectivity index (χ2v) is 6.87. The van der Waals surface area contributed by atoms with Crippen LogP contribution in [0.3, 0.4) is 0 Å². The van der Waals surface area contributed by atoms with Crippen LogP contribution >= 0.6 is 0 Å². The number of amides is 2. The first kappa shape index (κ1) is 19.7. The minimum Gasteiger partial charge on any atom is -0.457 e. The van der Waals surface area contributed by atoms with E-state index in [9.17, 15) is 9.59 Å². The molecule has 0 unspecified atom stereocenters. The number of anilines is 3. The second kappa shape index (κ2) is 8.03. The Morgan fingerprint density at radius 1 is 1.27 bits per heavy atom. The molecule has 11 heteroatoms. The van der Waals surface area contributed by atoms with Crippen LogP contribution in [0, 0.1) is 0 Å². The van der Waals surface area contributed by atoms with E-state index < -0.39 is 0 Å². The lowest BCUT2D eigenvalue weighted by molar-refractivity contribution is 0.00732. The van der Waals surface area contributed by atoms with Crippen LogP contribution in [-0.4, -0.2) is 59.8 Å². The SMILES string of the molecule is CNC(=O)c1occc1Nc1cc(NC)n2ncc(C(=O)N[C@@H]3CC[C@H]3OC)c2n1. The summed E-state index contributed by atoms with van der Waals surface area (Å²) < 4.78 is 12.1. The summed E-state index contributed by atoms with van der Waals surface area (Å²) >= 11 is 0. The number of nitrogens with one attached hydrogen (secondary N) is 4. The quantitative estimate of drug-likeness (QED) is 0.456. The number of aromatic nitrogens is 3. The molecule has 30 heavy (non-hydrogen) atoms. The van der Waals surface area contributed by atoms with Gasteiger partial charge in [0.25, 0.3) is 11.8 Å². The summed E-state index contributed by atoms with van der Waals surface area (Å²) in [5.41, 5.74) is 1.17. The van der Waals surface area contributed by atoms with E-state index in [4.69, 9.17) is 9.15 Å². The summed E-state index contributed by atoms with van der Waals surface area (Å²) in [7, 11) is 4.90. The summed E-state index contributed by atoms with van der Waals surface area (Å²) in [4.78, 5) is 29.3. The Hall–Kier alpha value is -3.60. The lowest BCUT2D eigenvalue weighted by Gasteiger charge is -2.35. The van der Waals surface area contributed by atoms with E-state index in [1.54, 1.807) is 30.8 Å². The monoisotopic (exact) mass is 413 g/mol. The first-order valence-electron chi connectivity index (χ1n) is 9.52. The normalized spacial score (nSPS) is 18.0. The zero-order valence-electron chi connectivity index (χ0n) is 16.9. The van der Waals surface area contributed by atoms with Crippen LogP contribution in [0.5, 0.6) is 0 Å². The van der Waals surface area contributed by atoms with E-state index >= 15 is 0 Å². The van der Waals surface area contributed by atoms with E-state index in [1.165, 1.54) is 19.5 Å². The number of fused-ring (bicyclic) bond motifs is 1. The minimum absolute atomic E-state index is 0.0245. The van der Waals surface area contributed by atoms with Gasteiger partial charge < -0.3 is 30.4 Å². The molecule has 4 rings (SSSR count). The number of nitrogens with zero attached hydrogens (tertiary/aromatic N) is 3. The molecule has 0 radical (unpaired) electrons. The highest BCUT2D eigenvalue weighted by molar-refractivity contribution is 6.00. The van der Waals surface area contributed by atoms with Crippen LogP contribution in [-0.2, 0) is 4.74 Å². The van der Waals surface area contributed by atoms with Crippen LogP contribution in [0.4, 0.5) is 17.3 Å². The number of carbonyl (C=O) groups excluding carboxylic acids is 2. The van der Waals surface area contributed by atoms with Crippen LogP contribution < -0.4 is 21.3 Å².